The third-order valence-electron chi connectivity index (χ3n) is 3.76. The predicted octanol–water partition coefficient (Wildman–Crippen LogP) is 1.06. The number of ether oxygens (including phenoxy) is 3. The van der Waals surface area contributed by atoms with Gasteiger partial charge in [0, 0.05) is 52.7 Å². The Hall–Kier alpha value is -3.26. The van der Waals surface area contributed by atoms with Gasteiger partial charge in [-0.1, -0.05) is 21.8 Å². The molecule has 1 saturated heterocycles. The van der Waals surface area contributed by atoms with E-state index in [1.165, 1.54) is 32.9 Å². The Morgan fingerprint density at radius 1 is 1.05 bits per heavy atom. The number of alkyl carbamates (subject to hydrolysis) is 2. The average Bonchev–Trinajstić information content (AvgIpc) is 3.03. The van der Waals surface area contributed by atoms with Gasteiger partial charge in [0.15, 0.2) is 0 Å². The van der Waals surface area contributed by atoms with Crippen LogP contribution in [0.2, 0.25) is 0 Å². The largest absolute Gasteiger partial charge is 0.447 e. The summed E-state index contributed by atoms with van der Waals surface area (Å²) in [5.74, 6) is -0.0463. The summed E-state index contributed by atoms with van der Waals surface area (Å²) in [6.45, 7) is 10.5. The zero-order valence-corrected chi connectivity index (χ0v) is 22.4. The minimum atomic E-state index is -0.521. The lowest BCUT2D eigenvalue weighted by molar-refractivity contribution is -0.137. The molecule has 0 radical (unpaired) electrons. The second-order valence-electron chi connectivity index (χ2n) is 7.28. The summed E-state index contributed by atoms with van der Waals surface area (Å²) in [5.41, 5.74) is 4.99. The Balaban J connectivity index is -0.000000145. The lowest BCUT2D eigenvalue weighted by Crippen LogP contribution is -2.33. The molecule has 1 unspecified atom stereocenters. The van der Waals surface area contributed by atoms with Crippen LogP contribution in [0.4, 0.5) is 9.59 Å². The standard InChI is InChI=1S/C10H20N2O5.C6H9NO2.C3H8N2O.C3H6O.2CH4/c1-4-11-9(13)16-6-8(15-3)7-17-10(14)12-5-2;1-4-3-5(8)7(2)6(4)9;4-1-2-5-3-6;1-3(2)4;;/h8H,4-7H2,1-3H3,(H,11,13)(H,12,14);4H,3H2,1-2H3;3H,1-2,4H2,(H,5,6);1-2H3;2*1H4. The molecule has 14 heteroatoms. The molecule has 0 aromatic rings. The van der Waals surface area contributed by atoms with Crippen LogP contribution in [0.3, 0.4) is 0 Å². The first-order valence-corrected chi connectivity index (χ1v) is 11.4. The molecular weight excluding hydrogens is 502 g/mol. The van der Waals surface area contributed by atoms with Gasteiger partial charge in [-0.15, -0.1) is 0 Å². The first-order chi connectivity index (χ1) is 16.9. The highest BCUT2D eigenvalue weighted by Crippen LogP contribution is 2.15. The number of Topliss-reactive ketones (excluding diaryl/α,β-unsaturated/α-hetero) is 1. The zero-order chi connectivity index (χ0) is 28.5. The normalized spacial score (nSPS) is 12.9. The van der Waals surface area contributed by atoms with Gasteiger partial charge < -0.3 is 40.7 Å². The van der Waals surface area contributed by atoms with E-state index >= 15 is 0 Å². The molecule has 0 aliphatic carbocycles. The number of imide groups is 1. The van der Waals surface area contributed by atoms with E-state index in [1.54, 1.807) is 20.8 Å². The Morgan fingerprint density at radius 3 is 1.66 bits per heavy atom. The van der Waals surface area contributed by atoms with Crippen molar-refractivity contribution in [3.63, 3.8) is 0 Å². The minimum absolute atomic E-state index is 0. The number of methoxy groups -OCH3 is 1. The first kappa shape index (κ1) is 44.7. The molecule has 38 heavy (non-hydrogen) atoms. The summed E-state index contributed by atoms with van der Waals surface area (Å²) in [6.07, 6.45) is -0.498. The number of nitrogens with two attached hydrogens (primary N) is 1. The van der Waals surface area contributed by atoms with Gasteiger partial charge in [0.05, 0.1) is 0 Å². The summed E-state index contributed by atoms with van der Waals surface area (Å²) in [7, 11) is 2.97. The first-order valence-electron chi connectivity index (χ1n) is 11.4. The van der Waals surface area contributed by atoms with Gasteiger partial charge in [0.25, 0.3) is 0 Å². The van der Waals surface area contributed by atoms with Crippen molar-refractivity contribution in [3.8, 4) is 0 Å². The molecule has 0 aromatic carbocycles. The van der Waals surface area contributed by atoms with Crippen molar-refractivity contribution in [2.75, 3.05) is 53.6 Å². The number of likely N-dealkylation sites (tertiary alicyclic amines) is 1. The number of amides is 5. The fraction of sp³-hybridized carbons (Fsp3) is 0.750. The van der Waals surface area contributed by atoms with Crippen LogP contribution in [-0.2, 0) is 33.4 Å². The van der Waals surface area contributed by atoms with Crippen LogP contribution in [-0.4, -0.2) is 101 Å². The number of carbonyl (C=O) groups excluding carboxylic acids is 6. The number of nitrogens with one attached hydrogen (secondary N) is 3. The molecular formula is C24H51N5O9. The number of nitrogens with zero attached hydrogens (tertiary/aromatic N) is 1. The fourth-order valence-electron chi connectivity index (χ4n) is 1.99. The van der Waals surface area contributed by atoms with E-state index in [2.05, 4.69) is 16.0 Å². The highest BCUT2D eigenvalue weighted by atomic mass is 16.6. The van der Waals surface area contributed by atoms with E-state index in [-0.39, 0.29) is 51.6 Å². The summed E-state index contributed by atoms with van der Waals surface area (Å²) in [4.78, 5) is 63.5. The summed E-state index contributed by atoms with van der Waals surface area (Å²) < 4.78 is 14.7. The van der Waals surface area contributed by atoms with Crippen molar-refractivity contribution in [1.29, 1.82) is 0 Å². The molecule has 14 nitrogen and oxygen atoms in total. The van der Waals surface area contributed by atoms with E-state index in [4.69, 9.17) is 19.9 Å². The number of ketones is 1. The van der Waals surface area contributed by atoms with Crippen molar-refractivity contribution < 1.29 is 43.0 Å². The van der Waals surface area contributed by atoms with E-state index in [9.17, 15) is 28.8 Å². The lowest BCUT2D eigenvalue weighted by atomic mass is 10.1. The number of rotatable bonds is 10. The zero-order valence-electron chi connectivity index (χ0n) is 22.4. The number of hydrogen-bond donors (Lipinski definition) is 4. The van der Waals surface area contributed by atoms with Crippen LogP contribution >= 0.6 is 0 Å². The predicted molar refractivity (Wildman–Crippen MR) is 145 cm³/mol. The molecule has 1 heterocycles. The molecule has 1 fully saturated rings. The van der Waals surface area contributed by atoms with Crippen LogP contribution in [0, 0.1) is 5.92 Å². The number of carbonyl (C=O) groups is 6. The van der Waals surface area contributed by atoms with Crippen LogP contribution in [0.5, 0.6) is 0 Å². The van der Waals surface area contributed by atoms with E-state index in [1.807, 2.05) is 0 Å². The van der Waals surface area contributed by atoms with Crippen molar-refractivity contribution in [2.24, 2.45) is 11.7 Å². The Kier molecular flexibility index (Phi) is 35.3. The molecule has 0 spiro atoms. The third kappa shape index (κ3) is 29.0. The number of hydrogen-bond acceptors (Lipinski definition) is 10. The van der Waals surface area contributed by atoms with Crippen LogP contribution < -0.4 is 21.7 Å². The molecule has 1 atom stereocenters. The SMILES string of the molecule is C.C.CC(C)=O.CC1CC(=O)N(C)C1=O.CCNC(=O)OCC(COC(=O)NCC)OC.NCCNC=O. The minimum Gasteiger partial charge on any atom is -0.447 e. The summed E-state index contributed by atoms with van der Waals surface area (Å²) in [5, 5.41) is 7.34. The summed E-state index contributed by atoms with van der Waals surface area (Å²) in [6, 6.07) is 0. The maximum Gasteiger partial charge on any atom is 0.407 e. The highest BCUT2D eigenvalue weighted by molar-refractivity contribution is 6.02. The van der Waals surface area contributed by atoms with E-state index < -0.39 is 18.3 Å². The van der Waals surface area contributed by atoms with Crippen LogP contribution in [0.25, 0.3) is 0 Å². The molecule has 0 saturated carbocycles. The van der Waals surface area contributed by atoms with Gasteiger partial charge >= 0.3 is 12.2 Å². The monoisotopic (exact) mass is 553 g/mol. The molecule has 5 amide bonds. The van der Waals surface area contributed by atoms with Crippen molar-refractivity contribution in [3.05, 3.63) is 0 Å². The van der Waals surface area contributed by atoms with Gasteiger partial charge in [0.2, 0.25) is 18.2 Å². The second kappa shape index (κ2) is 30.0. The third-order valence-corrected chi connectivity index (χ3v) is 3.76. The van der Waals surface area contributed by atoms with Gasteiger partial charge in [-0.2, -0.15) is 0 Å². The molecule has 1 aliphatic heterocycles. The molecule has 0 bridgehead atoms. The van der Waals surface area contributed by atoms with Gasteiger partial charge in [-0.25, -0.2) is 9.59 Å². The molecule has 1 aliphatic rings. The van der Waals surface area contributed by atoms with Crippen LogP contribution in [0.1, 0.15) is 55.9 Å². The maximum atomic E-state index is 11.0. The Morgan fingerprint density at radius 2 is 1.47 bits per heavy atom. The van der Waals surface area contributed by atoms with Crippen LogP contribution in [0.15, 0.2) is 0 Å². The highest BCUT2D eigenvalue weighted by Gasteiger charge is 2.32. The van der Waals surface area contributed by atoms with Crippen molar-refractivity contribution in [2.45, 2.75) is 62.0 Å². The van der Waals surface area contributed by atoms with Crippen molar-refractivity contribution >= 4 is 36.2 Å². The van der Waals surface area contributed by atoms with Crippen molar-refractivity contribution in [1.82, 2.24) is 20.9 Å². The topological polar surface area (TPSA) is 195 Å². The Bertz CT molecular complexity index is 637. The van der Waals surface area contributed by atoms with Gasteiger partial charge in [-0.05, 0) is 27.7 Å². The molecule has 1 rings (SSSR count). The molecule has 5 N–H and O–H groups in total. The van der Waals surface area contributed by atoms with Gasteiger partial charge in [-0.3, -0.25) is 19.3 Å². The molecule has 0 aromatic heterocycles. The lowest BCUT2D eigenvalue weighted by Gasteiger charge is -2.15. The van der Waals surface area contributed by atoms with E-state index in [0.29, 0.717) is 39.0 Å². The van der Waals surface area contributed by atoms with Gasteiger partial charge in [0.1, 0.15) is 25.1 Å². The quantitative estimate of drug-likeness (QED) is 0.172. The molecule has 226 valence electrons. The van der Waals surface area contributed by atoms with E-state index in [0.717, 1.165) is 0 Å². The Labute approximate surface area is 227 Å². The smallest absolute Gasteiger partial charge is 0.407 e. The maximum absolute atomic E-state index is 11.0. The average molecular weight is 554 g/mol. The fourth-order valence-corrected chi connectivity index (χ4v) is 1.99. The second-order valence-corrected chi connectivity index (χ2v) is 7.28. The summed E-state index contributed by atoms with van der Waals surface area (Å²) >= 11 is 0.